The topological polar surface area (TPSA) is 73.9 Å². The van der Waals surface area contributed by atoms with Gasteiger partial charge in [-0.1, -0.05) is 15.9 Å². The van der Waals surface area contributed by atoms with Gasteiger partial charge in [-0.15, -0.1) is 0 Å². The molecule has 1 unspecified atom stereocenters. The number of carbonyl (C=O) groups excluding carboxylic acids is 2. The number of halogens is 1. The third kappa shape index (κ3) is 6.14. The predicted octanol–water partition coefficient (Wildman–Crippen LogP) is 4.05. The lowest BCUT2D eigenvalue weighted by atomic mass is 10.2. The van der Waals surface area contributed by atoms with Crippen molar-refractivity contribution in [1.82, 2.24) is 0 Å². The van der Waals surface area contributed by atoms with Gasteiger partial charge in [0.15, 0.2) is 6.10 Å². The molecule has 0 bridgehead atoms. The van der Waals surface area contributed by atoms with Crippen molar-refractivity contribution < 1.29 is 23.8 Å². The Balaban J connectivity index is 1.94. The molecule has 0 fully saturated rings. The number of methoxy groups -OCH3 is 2. The van der Waals surface area contributed by atoms with Crippen molar-refractivity contribution in [3.05, 3.63) is 58.6 Å². The normalized spacial score (nSPS) is 11.7. The number of hydrogen-bond acceptors (Lipinski definition) is 5. The summed E-state index contributed by atoms with van der Waals surface area (Å²) in [5.41, 5.74) is 1.29. The Morgan fingerprint density at radius 2 is 1.78 bits per heavy atom. The maximum Gasteiger partial charge on any atom is 0.331 e. The largest absolute Gasteiger partial charge is 0.497 e. The van der Waals surface area contributed by atoms with Crippen molar-refractivity contribution in [3.63, 3.8) is 0 Å². The average Bonchev–Trinajstić information content (AvgIpc) is 2.67. The molecule has 0 aliphatic rings. The Morgan fingerprint density at radius 3 is 2.41 bits per heavy atom. The van der Waals surface area contributed by atoms with Crippen molar-refractivity contribution in [1.29, 1.82) is 0 Å². The molecule has 2 rings (SSSR count). The van der Waals surface area contributed by atoms with Gasteiger partial charge < -0.3 is 19.5 Å². The molecule has 1 amide bonds. The molecule has 7 heteroatoms. The molecule has 0 heterocycles. The third-order valence-corrected chi connectivity index (χ3v) is 4.10. The third-order valence-electron chi connectivity index (χ3n) is 3.61. The van der Waals surface area contributed by atoms with Crippen molar-refractivity contribution in [2.24, 2.45) is 0 Å². The molecule has 2 aromatic carbocycles. The highest BCUT2D eigenvalue weighted by atomic mass is 79.9. The van der Waals surface area contributed by atoms with E-state index in [-0.39, 0.29) is 0 Å². The van der Waals surface area contributed by atoms with Crippen LogP contribution in [0.5, 0.6) is 11.5 Å². The molecule has 0 aromatic heterocycles. The fourth-order valence-corrected chi connectivity index (χ4v) is 2.56. The van der Waals surface area contributed by atoms with Crippen LogP contribution in [0.1, 0.15) is 12.5 Å². The van der Waals surface area contributed by atoms with E-state index in [1.165, 1.54) is 13.0 Å². The van der Waals surface area contributed by atoms with Gasteiger partial charge >= 0.3 is 5.97 Å². The SMILES string of the molecule is COc1ccc(NC(=O)C(C)OC(=O)/C=C/c2cc(Br)ccc2OC)cc1. The van der Waals surface area contributed by atoms with Gasteiger partial charge in [0.25, 0.3) is 5.91 Å². The number of ether oxygens (including phenoxy) is 3. The average molecular weight is 434 g/mol. The monoisotopic (exact) mass is 433 g/mol. The summed E-state index contributed by atoms with van der Waals surface area (Å²) in [5, 5.41) is 2.68. The van der Waals surface area contributed by atoms with Crippen LogP contribution >= 0.6 is 15.9 Å². The molecule has 1 atom stereocenters. The van der Waals surface area contributed by atoms with Crippen molar-refractivity contribution >= 4 is 39.6 Å². The predicted molar refractivity (Wildman–Crippen MR) is 107 cm³/mol. The first-order chi connectivity index (χ1) is 12.9. The van der Waals surface area contributed by atoms with Gasteiger partial charge in [0, 0.05) is 21.8 Å². The minimum absolute atomic E-state index is 0.429. The van der Waals surface area contributed by atoms with Gasteiger partial charge in [0.05, 0.1) is 14.2 Å². The van der Waals surface area contributed by atoms with Gasteiger partial charge in [-0.2, -0.15) is 0 Å². The molecule has 27 heavy (non-hydrogen) atoms. The Kier molecular flexibility index (Phi) is 7.43. The highest BCUT2D eigenvalue weighted by Crippen LogP contribution is 2.24. The first-order valence-corrected chi connectivity index (χ1v) is 8.89. The second-order valence-corrected chi connectivity index (χ2v) is 6.43. The van der Waals surface area contributed by atoms with Crippen LogP contribution in [0.4, 0.5) is 5.69 Å². The Morgan fingerprint density at radius 1 is 1.07 bits per heavy atom. The zero-order valence-electron chi connectivity index (χ0n) is 15.2. The number of nitrogens with one attached hydrogen (secondary N) is 1. The van der Waals surface area contributed by atoms with Gasteiger partial charge in [-0.25, -0.2) is 4.79 Å². The van der Waals surface area contributed by atoms with Gasteiger partial charge in [0.2, 0.25) is 0 Å². The molecule has 0 saturated heterocycles. The molecule has 2 aromatic rings. The lowest BCUT2D eigenvalue weighted by Crippen LogP contribution is -2.29. The second-order valence-electron chi connectivity index (χ2n) is 5.52. The number of benzene rings is 2. The van der Waals surface area contributed by atoms with E-state index in [1.54, 1.807) is 50.6 Å². The summed E-state index contributed by atoms with van der Waals surface area (Å²) in [6, 6.07) is 12.3. The number of rotatable bonds is 7. The highest BCUT2D eigenvalue weighted by molar-refractivity contribution is 9.10. The number of carbonyl (C=O) groups is 2. The Labute approximate surface area is 166 Å². The first kappa shape index (κ1) is 20.5. The lowest BCUT2D eigenvalue weighted by molar-refractivity contribution is -0.148. The smallest absolute Gasteiger partial charge is 0.331 e. The van der Waals surface area contributed by atoms with E-state index >= 15 is 0 Å². The Bertz CT molecular complexity index is 833. The quantitative estimate of drug-likeness (QED) is 0.526. The maximum atomic E-state index is 12.2. The number of esters is 1. The van der Waals surface area contributed by atoms with E-state index in [9.17, 15) is 9.59 Å². The van der Waals surface area contributed by atoms with Crippen LogP contribution in [0, 0.1) is 0 Å². The van der Waals surface area contributed by atoms with Crippen LogP contribution in [-0.4, -0.2) is 32.2 Å². The summed E-state index contributed by atoms with van der Waals surface area (Å²) in [5.74, 6) is 0.240. The van der Waals surface area contributed by atoms with Gasteiger partial charge in [-0.05, 0) is 55.5 Å². The molecule has 0 aliphatic heterocycles. The van der Waals surface area contributed by atoms with Crippen LogP contribution in [0.2, 0.25) is 0 Å². The standard InChI is InChI=1S/C20H20BrNO5/c1-13(20(24)22-16-6-8-17(25-2)9-7-16)27-19(23)11-4-14-12-15(21)5-10-18(14)26-3/h4-13H,1-3H3,(H,22,24)/b11-4+. The number of hydrogen-bond donors (Lipinski definition) is 1. The maximum absolute atomic E-state index is 12.2. The zero-order chi connectivity index (χ0) is 19.8. The van der Waals surface area contributed by atoms with E-state index in [1.807, 2.05) is 12.1 Å². The number of anilines is 1. The van der Waals surface area contributed by atoms with Crippen molar-refractivity contribution in [2.45, 2.75) is 13.0 Å². The van der Waals surface area contributed by atoms with Gasteiger partial charge in [0.1, 0.15) is 11.5 Å². The summed E-state index contributed by atoms with van der Waals surface area (Å²) in [6.07, 6.45) is 1.87. The summed E-state index contributed by atoms with van der Waals surface area (Å²) in [6.45, 7) is 1.50. The van der Waals surface area contributed by atoms with E-state index in [2.05, 4.69) is 21.2 Å². The highest BCUT2D eigenvalue weighted by Gasteiger charge is 2.16. The van der Waals surface area contributed by atoms with E-state index in [4.69, 9.17) is 14.2 Å². The summed E-state index contributed by atoms with van der Waals surface area (Å²) < 4.78 is 16.3. The Hall–Kier alpha value is -2.80. The summed E-state index contributed by atoms with van der Waals surface area (Å²) >= 11 is 3.37. The molecular weight excluding hydrogens is 414 g/mol. The lowest BCUT2D eigenvalue weighted by Gasteiger charge is -2.12. The van der Waals surface area contributed by atoms with Crippen LogP contribution in [-0.2, 0) is 14.3 Å². The van der Waals surface area contributed by atoms with Crippen molar-refractivity contribution in [2.75, 3.05) is 19.5 Å². The molecule has 0 radical (unpaired) electrons. The zero-order valence-corrected chi connectivity index (χ0v) is 16.8. The van der Waals surface area contributed by atoms with Crippen LogP contribution in [0.25, 0.3) is 6.08 Å². The summed E-state index contributed by atoms with van der Waals surface area (Å²) in [4.78, 5) is 24.1. The molecule has 142 valence electrons. The minimum atomic E-state index is -0.950. The van der Waals surface area contributed by atoms with Crippen LogP contribution < -0.4 is 14.8 Å². The molecular formula is C20H20BrNO5. The second kappa shape index (κ2) is 9.78. The molecule has 0 spiro atoms. The van der Waals surface area contributed by atoms with Crippen LogP contribution in [0.15, 0.2) is 53.0 Å². The molecule has 6 nitrogen and oxygen atoms in total. The molecule has 0 aliphatic carbocycles. The first-order valence-electron chi connectivity index (χ1n) is 8.10. The number of amides is 1. The minimum Gasteiger partial charge on any atom is -0.497 e. The van der Waals surface area contributed by atoms with Crippen molar-refractivity contribution in [3.8, 4) is 11.5 Å². The molecule has 1 N–H and O–H groups in total. The fourth-order valence-electron chi connectivity index (χ4n) is 2.18. The fraction of sp³-hybridized carbons (Fsp3) is 0.200. The van der Waals surface area contributed by atoms with E-state index in [0.717, 1.165) is 4.47 Å². The summed E-state index contributed by atoms with van der Waals surface area (Å²) in [7, 11) is 3.11. The van der Waals surface area contributed by atoms with Crippen LogP contribution in [0.3, 0.4) is 0 Å². The van der Waals surface area contributed by atoms with E-state index < -0.39 is 18.0 Å². The molecule has 0 saturated carbocycles. The van der Waals surface area contributed by atoms with Gasteiger partial charge in [-0.3, -0.25) is 4.79 Å². The van der Waals surface area contributed by atoms with E-state index in [0.29, 0.717) is 22.7 Å².